The first-order valence-corrected chi connectivity index (χ1v) is 4.57. The monoisotopic (exact) mass is 176 g/mol. The van der Waals surface area contributed by atoms with Crippen molar-refractivity contribution in [3.05, 3.63) is 35.6 Å². The van der Waals surface area contributed by atoms with E-state index < -0.39 is 0 Å². The molecule has 2 aromatic heterocycles. The van der Waals surface area contributed by atoms with Crippen LogP contribution in [0.3, 0.4) is 0 Å². The summed E-state index contributed by atoms with van der Waals surface area (Å²) in [5.41, 5.74) is 3.87. The second-order valence-corrected chi connectivity index (χ2v) is 3.42. The standard InChI is InChI=1S/C9H8N2S/c1-7-3-2-4-8(11-7)9-5-10-6-12-9/h2-6H,1H3. The Balaban J connectivity index is 2.48. The molecule has 0 saturated heterocycles. The fourth-order valence-electron chi connectivity index (χ4n) is 1.02. The fourth-order valence-corrected chi connectivity index (χ4v) is 1.61. The predicted molar refractivity (Wildman–Crippen MR) is 50.1 cm³/mol. The summed E-state index contributed by atoms with van der Waals surface area (Å²) < 4.78 is 0. The number of rotatable bonds is 1. The minimum Gasteiger partial charge on any atom is -0.252 e. The molecular formula is C9H8N2S. The molecule has 12 heavy (non-hydrogen) atoms. The van der Waals surface area contributed by atoms with Crippen LogP contribution in [0.4, 0.5) is 0 Å². The normalized spacial score (nSPS) is 10.1. The lowest BCUT2D eigenvalue weighted by molar-refractivity contribution is 1.21. The lowest BCUT2D eigenvalue weighted by Gasteiger charge is -1.95. The predicted octanol–water partition coefficient (Wildman–Crippen LogP) is 2.51. The maximum Gasteiger partial charge on any atom is 0.0821 e. The van der Waals surface area contributed by atoms with Crippen LogP contribution in [-0.2, 0) is 0 Å². The van der Waals surface area contributed by atoms with Crippen LogP contribution in [0.2, 0.25) is 0 Å². The Morgan fingerprint density at radius 1 is 1.33 bits per heavy atom. The molecule has 0 spiro atoms. The van der Waals surface area contributed by atoms with Crippen molar-refractivity contribution in [3.63, 3.8) is 0 Å². The Kier molecular flexibility index (Phi) is 1.87. The number of aryl methyl sites for hydroxylation is 1. The second-order valence-electron chi connectivity index (χ2n) is 2.53. The molecule has 60 valence electrons. The van der Waals surface area contributed by atoms with Gasteiger partial charge in [-0.1, -0.05) is 6.07 Å². The molecule has 0 atom stereocenters. The summed E-state index contributed by atoms with van der Waals surface area (Å²) in [6, 6.07) is 6.00. The molecule has 0 radical (unpaired) electrons. The molecule has 0 unspecified atom stereocenters. The number of aromatic nitrogens is 2. The summed E-state index contributed by atoms with van der Waals surface area (Å²) in [5, 5.41) is 0. The van der Waals surface area contributed by atoms with Gasteiger partial charge in [0.15, 0.2) is 0 Å². The summed E-state index contributed by atoms with van der Waals surface area (Å²) in [6.07, 6.45) is 1.84. The molecule has 0 fully saturated rings. The van der Waals surface area contributed by atoms with Gasteiger partial charge in [0.1, 0.15) is 0 Å². The van der Waals surface area contributed by atoms with Crippen molar-refractivity contribution in [2.75, 3.05) is 0 Å². The van der Waals surface area contributed by atoms with Crippen molar-refractivity contribution >= 4 is 11.3 Å². The van der Waals surface area contributed by atoms with Crippen molar-refractivity contribution in [1.82, 2.24) is 9.97 Å². The van der Waals surface area contributed by atoms with Crippen molar-refractivity contribution in [2.24, 2.45) is 0 Å². The average molecular weight is 176 g/mol. The zero-order chi connectivity index (χ0) is 8.39. The van der Waals surface area contributed by atoms with Gasteiger partial charge in [0.2, 0.25) is 0 Å². The molecule has 0 aromatic carbocycles. The maximum atomic E-state index is 4.39. The van der Waals surface area contributed by atoms with E-state index in [1.165, 1.54) is 0 Å². The molecule has 2 rings (SSSR count). The topological polar surface area (TPSA) is 25.8 Å². The number of pyridine rings is 1. The van der Waals surface area contributed by atoms with Gasteiger partial charge in [0.25, 0.3) is 0 Å². The Morgan fingerprint density at radius 2 is 2.25 bits per heavy atom. The van der Waals surface area contributed by atoms with Crippen molar-refractivity contribution in [1.29, 1.82) is 0 Å². The van der Waals surface area contributed by atoms with E-state index in [2.05, 4.69) is 9.97 Å². The molecule has 0 saturated carbocycles. The van der Waals surface area contributed by atoms with Gasteiger partial charge in [-0.2, -0.15) is 0 Å². The van der Waals surface area contributed by atoms with Crippen LogP contribution in [0.25, 0.3) is 10.6 Å². The van der Waals surface area contributed by atoms with Crippen LogP contribution in [0.15, 0.2) is 29.9 Å². The highest BCUT2D eigenvalue weighted by Crippen LogP contribution is 2.20. The average Bonchev–Trinajstić information content (AvgIpc) is 2.56. The van der Waals surface area contributed by atoms with Gasteiger partial charge in [-0.05, 0) is 19.1 Å². The SMILES string of the molecule is Cc1cccc(-c2cncs2)n1. The zero-order valence-corrected chi connectivity index (χ0v) is 7.51. The lowest BCUT2D eigenvalue weighted by atomic mass is 10.3. The first-order valence-electron chi connectivity index (χ1n) is 3.69. The third-order valence-corrected chi connectivity index (χ3v) is 2.37. The van der Waals surface area contributed by atoms with E-state index >= 15 is 0 Å². The van der Waals surface area contributed by atoms with Crippen molar-refractivity contribution in [3.8, 4) is 10.6 Å². The molecule has 0 aliphatic carbocycles. The lowest BCUT2D eigenvalue weighted by Crippen LogP contribution is -1.82. The second kappa shape index (κ2) is 3.03. The molecular weight excluding hydrogens is 168 g/mol. The summed E-state index contributed by atoms with van der Waals surface area (Å²) in [4.78, 5) is 9.52. The number of thiazole rings is 1. The van der Waals surface area contributed by atoms with Gasteiger partial charge in [-0.3, -0.25) is 9.97 Å². The largest absolute Gasteiger partial charge is 0.252 e. The van der Waals surface area contributed by atoms with Crippen LogP contribution in [0, 0.1) is 6.92 Å². The van der Waals surface area contributed by atoms with E-state index in [0.29, 0.717) is 0 Å². The van der Waals surface area contributed by atoms with Crippen LogP contribution in [0.5, 0.6) is 0 Å². The highest BCUT2D eigenvalue weighted by Gasteiger charge is 1.99. The quantitative estimate of drug-likeness (QED) is 0.667. The molecule has 2 nitrogen and oxygen atoms in total. The van der Waals surface area contributed by atoms with Gasteiger partial charge in [0.05, 0.1) is 16.1 Å². The van der Waals surface area contributed by atoms with Crippen LogP contribution in [-0.4, -0.2) is 9.97 Å². The van der Waals surface area contributed by atoms with Crippen LogP contribution in [0.1, 0.15) is 5.69 Å². The fraction of sp³-hybridized carbons (Fsp3) is 0.111. The van der Waals surface area contributed by atoms with Gasteiger partial charge >= 0.3 is 0 Å². The van der Waals surface area contributed by atoms with E-state index in [0.717, 1.165) is 16.3 Å². The first kappa shape index (κ1) is 7.43. The third kappa shape index (κ3) is 1.36. The number of hydrogen-bond donors (Lipinski definition) is 0. The minimum atomic E-state index is 1.01. The molecule has 2 aromatic rings. The zero-order valence-electron chi connectivity index (χ0n) is 6.69. The molecule has 0 N–H and O–H groups in total. The van der Waals surface area contributed by atoms with E-state index in [4.69, 9.17) is 0 Å². The Bertz CT molecular complexity index is 368. The molecule has 3 heteroatoms. The van der Waals surface area contributed by atoms with Crippen molar-refractivity contribution < 1.29 is 0 Å². The number of hydrogen-bond acceptors (Lipinski definition) is 3. The first-order chi connectivity index (χ1) is 5.86. The molecule has 0 amide bonds. The highest BCUT2D eigenvalue weighted by atomic mass is 32.1. The molecule has 0 aliphatic rings. The third-order valence-electron chi connectivity index (χ3n) is 1.57. The summed E-state index contributed by atoms with van der Waals surface area (Å²) in [7, 11) is 0. The van der Waals surface area contributed by atoms with Gasteiger partial charge in [-0.25, -0.2) is 0 Å². The van der Waals surface area contributed by atoms with Crippen molar-refractivity contribution in [2.45, 2.75) is 6.92 Å². The van der Waals surface area contributed by atoms with E-state index in [-0.39, 0.29) is 0 Å². The van der Waals surface area contributed by atoms with Gasteiger partial charge in [0, 0.05) is 11.9 Å². The summed E-state index contributed by atoms with van der Waals surface area (Å²) >= 11 is 1.61. The van der Waals surface area contributed by atoms with E-state index in [1.54, 1.807) is 11.3 Å². The van der Waals surface area contributed by atoms with E-state index in [9.17, 15) is 0 Å². The minimum absolute atomic E-state index is 1.01. The number of nitrogens with zero attached hydrogens (tertiary/aromatic N) is 2. The molecule has 0 aliphatic heterocycles. The smallest absolute Gasteiger partial charge is 0.0821 e. The van der Waals surface area contributed by atoms with E-state index in [1.807, 2.05) is 36.8 Å². The molecule has 0 bridgehead atoms. The van der Waals surface area contributed by atoms with Crippen LogP contribution < -0.4 is 0 Å². The highest BCUT2D eigenvalue weighted by molar-refractivity contribution is 7.13. The van der Waals surface area contributed by atoms with Crippen LogP contribution >= 0.6 is 11.3 Å². The Hall–Kier alpha value is -1.22. The summed E-state index contributed by atoms with van der Waals surface area (Å²) in [5.74, 6) is 0. The summed E-state index contributed by atoms with van der Waals surface area (Å²) in [6.45, 7) is 1.99. The molecule has 2 heterocycles. The van der Waals surface area contributed by atoms with Gasteiger partial charge in [-0.15, -0.1) is 11.3 Å². The van der Waals surface area contributed by atoms with Gasteiger partial charge < -0.3 is 0 Å². The maximum absolute atomic E-state index is 4.39. The Morgan fingerprint density at radius 3 is 2.92 bits per heavy atom. The Labute approximate surface area is 74.9 Å².